The molecule has 0 radical (unpaired) electrons. The van der Waals surface area contributed by atoms with E-state index in [-0.39, 0.29) is 34.9 Å². The molecule has 0 aromatic heterocycles. The molecule has 1 N–H and O–H groups in total. The van der Waals surface area contributed by atoms with E-state index in [4.69, 9.17) is 9.47 Å². The van der Waals surface area contributed by atoms with E-state index in [0.717, 1.165) is 15.4 Å². The molecule has 0 aliphatic rings. The zero-order chi connectivity index (χ0) is 32.6. The molecular formula is C34H36FN3O6S. The van der Waals surface area contributed by atoms with Gasteiger partial charge in [-0.05, 0) is 42.8 Å². The average Bonchev–Trinajstić information content (AvgIpc) is 3.06. The molecule has 4 aromatic carbocycles. The van der Waals surface area contributed by atoms with Crippen LogP contribution in [0.3, 0.4) is 0 Å². The largest absolute Gasteiger partial charge is 0.493 e. The van der Waals surface area contributed by atoms with Crippen LogP contribution in [0.4, 0.5) is 10.1 Å². The third-order valence-electron chi connectivity index (χ3n) is 7.36. The van der Waals surface area contributed by atoms with Crippen molar-refractivity contribution in [1.29, 1.82) is 0 Å². The standard InChI is InChI=1S/C34H36FN3O6S/c1-24-14-16-27(17-15-24)38(45(41,42)28-18-19-31(43-3)32(21-28)44-4)23-33(39)37(22-26-12-8-9-13-29(26)35)30(34(40)36-2)20-25-10-6-5-7-11-25/h5-19,21,30H,20,22-23H2,1-4H3,(H,36,40). The van der Waals surface area contributed by atoms with Crippen molar-refractivity contribution in [1.82, 2.24) is 10.2 Å². The highest BCUT2D eigenvalue weighted by molar-refractivity contribution is 7.92. The van der Waals surface area contributed by atoms with Gasteiger partial charge in [-0.25, -0.2) is 12.8 Å². The van der Waals surface area contributed by atoms with Crippen molar-refractivity contribution in [2.75, 3.05) is 32.1 Å². The molecule has 1 atom stereocenters. The van der Waals surface area contributed by atoms with Gasteiger partial charge in [0.2, 0.25) is 11.8 Å². The summed E-state index contributed by atoms with van der Waals surface area (Å²) in [4.78, 5) is 28.8. The predicted octanol–water partition coefficient (Wildman–Crippen LogP) is 4.73. The van der Waals surface area contributed by atoms with Crippen LogP contribution in [0.2, 0.25) is 0 Å². The number of amides is 2. The number of sulfonamides is 1. The summed E-state index contributed by atoms with van der Waals surface area (Å²) in [5.74, 6) is -1.21. The van der Waals surface area contributed by atoms with Crippen LogP contribution in [0.15, 0.2) is 102 Å². The lowest BCUT2D eigenvalue weighted by molar-refractivity contribution is -0.139. The van der Waals surface area contributed by atoms with Crippen molar-refractivity contribution in [2.45, 2.75) is 30.8 Å². The Bertz CT molecular complexity index is 1730. The number of nitrogens with one attached hydrogen (secondary N) is 1. The first-order chi connectivity index (χ1) is 21.6. The molecule has 0 aliphatic heterocycles. The van der Waals surface area contributed by atoms with E-state index in [1.54, 1.807) is 30.3 Å². The molecule has 11 heteroatoms. The molecule has 2 amide bonds. The Hall–Kier alpha value is -4.90. The van der Waals surface area contributed by atoms with E-state index in [9.17, 15) is 22.4 Å². The van der Waals surface area contributed by atoms with Crippen molar-refractivity contribution >= 4 is 27.5 Å². The maximum absolute atomic E-state index is 14.9. The number of carbonyl (C=O) groups excluding carboxylic acids is 2. The Morgan fingerprint density at radius 3 is 2.13 bits per heavy atom. The lowest BCUT2D eigenvalue weighted by Crippen LogP contribution is -2.53. The van der Waals surface area contributed by atoms with Gasteiger partial charge in [-0.1, -0.05) is 66.2 Å². The zero-order valence-corrected chi connectivity index (χ0v) is 26.4. The molecule has 9 nitrogen and oxygen atoms in total. The molecule has 45 heavy (non-hydrogen) atoms. The smallest absolute Gasteiger partial charge is 0.264 e. The molecule has 1 unspecified atom stereocenters. The second-order valence-electron chi connectivity index (χ2n) is 10.3. The van der Waals surface area contributed by atoms with E-state index < -0.39 is 40.2 Å². The van der Waals surface area contributed by atoms with Gasteiger partial charge in [0, 0.05) is 31.6 Å². The molecule has 0 aliphatic carbocycles. The van der Waals surface area contributed by atoms with Gasteiger partial charge in [0.15, 0.2) is 11.5 Å². The van der Waals surface area contributed by atoms with Crippen molar-refractivity contribution in [3.8, 4) is 11.5 Å². The summed E-state index contributed by atoms with van der Waals surface area (Å²) < 4.78 is 55.0. The predicted molar refractivity (Wildman–Crippen MR) is 170 cm³/mol. The molecule has 0 bridgehead atoms. The van der Waals surface area contributed by atoms with E-state index >= 15 is 0 Å². The number of rotatable bonds is 13. The Labute approximate surface area is 263 Å². The molecule has 0 fully saturated rings. The number of likely N-dealkylation sites (N-methyl/N-ethyl adjacent to an activating group) is 1. The van der Waals surface area contributed by atoms with Crippen molar-refractivity contribution in [2.24, 2.45) is 0 Å². The third kappa shape index (κ3) is 7.79. The molecule has 236 valence electrons. The summed E-state index contributed by atoms with van der Waals surface area (Å²) in [6.45, 7) is 0.917. The molecule has 0 saturated carbocycles. The van der Waals surface area contributed by atoms with Crippen LogP contribution < -0.4 is 19.1 Å². The first-order valence-electron chi connectivity index (χ1n) is 14.2. The van der Waals surface area contributed by atoms with Crippen LogP contribution in [0, 0.1) is 12.7 Å². The Balaban J connectivity index is 1.81. The van der Waals surface area contributed by atoms with Crippen molar-refractivity contribution < 1.29 is 31.9 Å². The van der Waals surface area contributed by atoms with Gasteiger partial charge < -0.3 is 19.7 Å². The van der Waals surface area contributed by atoms with E-state index in [1.165, 1.54) is 62.6 Å². The highest BCUT2D eigenvalue weighted by atomic mass is 32.2. The number of hydrogen-bond acceptors (Lipinski definition) is 6. The second kappa shape index (κ2) is 14.7. The van der Waals surface area contributed by atoms with Gasteiger partial charge in [0.25, 0.3) is 10.0 Å². The van der Waals surface area contributed by atoms with Gasteiger partial charge in [-0.2, -0.15) is 0 Å². The lowest BCUT2D eigenvalue weighted by atomic mass is 10.0. The summed E-state index contributed by atoms with van der Waals surface area (Å²) in [7, 11) is -0.0914. The Morgan fingerprint density at radius 2 is 1.51 bits per heavy atom. The number of halogens is 1. The topological polar surface area (TPSA) is 105 Å². The number of methoxy groups -OCH3 is 2. The van der Waals surface area contributed by atoms with Crippen LogP contribution in [0.5, 0.6) is 11.5 Å². The first kappa shape index (κ1) is 33.0. The Kier molecular flexibility index (Phi) is 10.8. The molecule has 4 rings (SSSR count). The molecule has 4 aromatic rings. The minimum absolute atomic E-state index is 0.119. The number of nitrogens with zero attached hydrogens (tertiary/aromatic N) is 2. The van der Waals surface area contributed by atoms with Gasteiger partial charge in [-0.15, -0.1) is 0 Å². The van der Waals surface area contributed by atoms with Crippen LogP contribution in [0.1, 0.15) is 16.7 Å². The molecular weight excluding hydrogens is 597 g/mol. The highest BCUT2D eigenvalue weighted by Crippen LogP contribution is 2.32. The first-order valence-corrected chi connectivity index (χ1v) is 15.6. The number of carbonyl (C=O) groups is 2. The van der Waals surface area contributed by atoms with E-state index in [2.05, 4.69) is 5.32 Å². The lowest BCUT2D eigenvalue weighted by Gasteiger charge is -2.33. The summed E-state index contributed by atoms with van der Waals surface area (Å²) in [6, 6.07) is 24.8. The molecule has 0 saturated heterocycles. The van der Waals surface area contributed by atoms with E-state index in [1.807, 2.05) is 37.3 Å². The molecule has 0 heterocycles. The fourth-order valence-electron chi connectivity index (χ4n) is 4.87. The number of ether oxygens (including phenoxy) is 2. The number of hydrogen-bond donors (Lipinski definition) is 1. The Morgan fingerprint density at radius 1 is 0.867 bits per heavy atom. The van der Waals surface area contributed by atoms with Crippen LogP contribution in [-0.4, -0.2) is 59.0 Å². The average molecular weight is 634 g/mol. The minimum Gasteiger partial charge on any atom is -0.493 e. The minimum atomic E-state index is -4.37. The summed E-state index contributed by atoms with van der Waals surface area (Å²) in [5, 5.41) is 2.61. The van der Waals surface area contributed by atoms with Crippen molar-refractivity contribution in [3.63, 3.8) is 0 Å². The number of aryl methyl sites for hydroxylation is 1. The second-order valence-corrected chi connectivity index (χ2v) is 12.2. The third-order valence-corrected chi connectivity index (χ3v) is 9.13. The van der Waals surface area contributed by atoms with Gasteiger partial charge in [-0.3, -0.25) is 13.9 Å². The van der Waals surface area contributed by atoms with Gasteiger partial charge in [0.05, 0.1) is 24.8 Å². The fraction of sp³-hybridized carbons (Fsp3) is 0.235. The summed E-state index contributed by atoms with van der Waals surface area (Å²) in [5.41, 5.74) is 2.06. The van der Waals surface area contributed by atoms with Crippen LogP contribution >= 0.6 is 0 Å². The summed E-state index contributed by atoms with van der Waals surface area (Å²) >= 11 is 0. The normalized spacial score (nSPS) is 11.8. The van der Waals surface area contributed by atoms with Crippen LogP contribution in [0.25, 0.3) is 0 Å². The van der Waals surface area contributed by atoms with Crippen LogP contribution in [-0.2, 0) is 32.6 Å². The van der Waals surface area contributed by atoms with E-state index in [0.29, 0.717) is 5.75 Å². The SMILES string of the molecule is CNC(=O)C(Cc1ccccc1)N(Cc1ccccc1F)C(=O)CN(c1ccc(C)cc1)S(=O)(=O)c1ccc(OC)c(OC)c1. The zero-order valence-electron chi connectivity index (χ0n) is 25.6. The van der Waals surface area contributed by atoms with Gasteiger partial charge >= 0.3 is 0 Å². The number of benzene rings is 4. The summed E-state index contributed by atoms with van der Waals surface area (Å²) in [6.07, 6.45) is 0.119. The highest BCUT2D eigenvalue weighted by Gasteiger charge is 2.35. The monoisotopic (exact) mass is 633 g/mol. The fourth-order valence-corrected chi connectivity index (χ4v) is 6.30. The maximum atomic E-state index is 14.9. The quantitative estimate of drug-likeness (QED) is 0.228. The van der Waals surface area contributed by atoms with Crippen molar-refractivity contribution in [3.05, 3.63) is 120 Å². The maximum Gasteiger partial charge on any atom is 0.264 e. The van der Waals surface area contributed by atoms with Gasteiger partial charge in [0.1, 0.15) is 18.4 Å². The molecule has 0 spiro atoms. The number of anilines is 1.